The van der Waals surface area contributed by atoms with Crippen LogP contribution in [0.1, 0.15) is 113 Å². The van der Waals surface area contributed by atoms with Gasteiger partial charge in [0.05, 0.1) is 6.61 Å². The van der Waals surface area contributed by atoms with Crippen LogP contribution in [0.5, 0.6) is 0 Å². The van der Waals surface area contributed by atoms with E-state index in [1.165, 1.54) is 65.5 Å². The fourth-order valence-corrected chi connectivity index (χ4v) is 3.44. The third-order valence-electron chi connectivity index (χ3n) is 5.66. The van der Waals surface area contributed by atoms with Crippen molar-refractivity contribution in [1.29, 1.82) is 0 Å². The molecule has 0 unspecified atom stereocenters. The van der Waals surface area contributed by atoms with Crippen molar-refractivity contribution in [3.63, 3.8) is 0 Å². The van der Waals surface area contributed by atoms with Crippen molar-refractivity contribution < 1.29 is 5.11 Å². The maximum Gasteiger partial charge on any atom is 0.0614 e. The third kappa shape index (κ3) is 20.1. The van der Waals surface area contributed by atoms with E-state index in [1.807, 2.05) is 6.08 Å². The molecule has 0 aliphatic heterocycles. The van der Waals surface area contributed by atoms with Gasteiger partial charge < -0.3 is 5.11 Å². The van der Waals surface area contributed by atoms with Crippen molar-refractivity contribution in [1.82, 2.24) is 0 Å². The van der Waals surface area contributed by atoms with E-state index in [-0.39, 0.29) is 6.61 Å². The highest BCUT2D eigenvalue weighted by atomic mass is 16.2. The van der Waals surface area contributed by atoms with Crippen LogP contribution in [0.4, 0.5) is 0 Å². The molecule has 0 aromatic carbocycles. The van der Waals surface area contributed by atoms with Crippen LogP contribution in [0, 0.1) is 0 Å². The van der Waals surface area contributed by atoms with Gasteiger partial charge in [-0.15, -0.1) is 0 Å². The van der Waals surface area contributed by atoms with Gasteiger partial charge in [0.25, 0.3) is 0 Å². The molecule has 31 heavy (non-hydrogen) atoms. The maximum absolute atomic E-state index is 8.90. The maximum atomic E-state index is 8.90. The van der Waals surface area contributed by atoms with Crippen molar-refractivity contribution in [2.45, 2.75) is 113 Å². The second-order valence-electron chi connectivity index (χ2n) is 9.41. The molecule has 1 nitrogen and oxygen atoms in total. The molecule has 1 N–H and O–H groups in total. The molecule has 0 radical (unpaired) electrons. The largest absolute Gasteiger partial charge is 0.392 e. The summed E-state index contributed by atoms with van der Waals surface area (Å²) in [7, 11) is 0. The van der Waals surface area contributed by atoms with E-state index >= 15 is 0 Å². The molecule has 0 aliphatic carbocycles. The fraction of sp³-hybridized carbons (Fsp3) is 0.600. The van der Waals surface area contributed by atoms with E-state index in [0.717, 1.165) is 32.1 Å². The summed E-state index contributed by atoms with van der Waals surface area (Å²) in [6, 6.07) is 0. The Morgan fingerprint density at radius 2 is 0.677 bits per heavy atom. The van der Waals surface area contributed by atoms with Crippen LogP contribution in [-0.2, 0) is 0 Å². The molecule has 0 atom stereocenters. The number of aliphatic hydroxyl groups excluding tert-OH is 1. The lowest BCUT2D eigenvalue weighted by molar-refractivity contribution is 0.341. The van der Waals surface area contributed by atoms with Crippen molar-refractivity contribution in [3.8, 4) is 0 Å². The third-order valence-corrected chi connectivity index (χ3v) is 5.66. The number of allylic oxidation sites excluding steroid dienone is 11. The van der Waals surface area contributed by atoms with E-state index in [1.54, 1.807) is 0 Å². The first-order valence-electron chi connectivity index (χ1n) is 12.3. The Hall–Kier alpha value is -1.60. The zero-order chi connectivity index (χ0) is 23.5. The van der Waals surface area contributed by atoms with Gasteiger partial charge in [-0.25, -0.2) is 0 Å². The van der Waals surface area contributed by atoms with Gasteiger partial charge in [0.15, 0.2) is 0 Å². The number of aliphatic hydroxyl groups is 1. The normalized spacial score (nSPS) is 14.3. The van der Waals surface area contributed by atoms with Gasteiger partial charge in [0.1, 0.15) is 0 Å². The zero-order valence-electron chi connectivity index (χ0n) is 21.7. The number of hydrogen-bond acceptors (Lipinski definition) is 1. The topological polar surface area (TPSA) is 20.2 Å². The van der Waals surface area contributed by atoms with E-state index in [2.05, 4.69) is 78.8 Å². The molecule has 1 heteroatoms. The first-order chi connectivity index (χ1) is 14.7. The number of hydrogen-bond donors (Lipinski definition) is 1. The molecule has 0 saturated heterocycles. The van der Waals surface area contributed by atoms with E-state index in [0.29, 0.717) is 0 Å². The lowest BCUT2D eigenvalue weighted by atomic mass is 10.0. The molecule has 0 rings (SSSR count). The first-order valence-corrected chi connectivity index (χ1v) is 12.3. The van der Waals surface area contributed by atoms with Gasteiger partial charge in [-0.1, -0.05) is 69.9 Å². The van der Waals surface area contributed by atoms with E-state index in [4.69, 9.17) is 5.11 Å². The summed E-state index contributed by atoms with van der Waals surface area (Å²) >= 11 is 0. The predicted molar refractivity (Wildman–Crippen MR) is 141 cm³/mol. The Balaban J connectivity index is 4.09. The van der Waals surface area contributed by atoms with Crippen LogP contribution in [0.2, 0.25) is 0 Å². The minimum atomic E-state index is 0.154. The van der Waals surface area contributed by atoms with E-state index in [9.17, 15) is 0 Å². The lowest BCUT2D eigenvalue weighted by Crippen LogP contribution is -1.84. The zero-order valence-corrected chi connectivity index (χ0v) is 21.7. The van der Waals surface area contributed by atoms with Crippen molar-refractivity contribution in [2.75, 3.05) is 6.61 Å². The Labute approximate surface area is 194 Å². The number of rotatable bonds is 16. The summed E-state index contributed by atoms with van der Waals surface area (Å²) in [6.07, 6.45) is 25.3. The molecule has 0 bridgehead atoms. The molecule has 0 aromatic rings. The van der Waals surface area contributed by atoms with Gasteiger partial charge in [0, 0.05) is 0 Å². The molecule has 0 fully saturated rings. The molecule has 0 aliphatic rings. The monoisotopic (exact) mass is 426 g/mol. The average molecular weight is 427 g/mol. The first kappa shape index (κ1) is 29.4. The average Bonchev–Trinajstić information content (AvgIpc) is 2.68. The minimum absolute atomic E-state index is 0.154. The molecule has 0 heterocycles. The summed E-state index contributed by atoms with van der Waals surface area (Å²) in [5.74, 6) is 0. The highest BCUT2D eigenvalue weighted by Gasteiger charge is 1.95. The van der Waals surface area contributed by atoms with Crippen LogP contribution >= 0.6 is 0 Å². The van der Waals surface area contributed by atoms with Crippen molar-refractivity contribution >= 4 is 0 Å². The standard InChI is InChI=1S/C30H50O/c1-25(2)13-8-14-26(3)15-9-16-27(4)17-10-18-28(5)19-11-20-29(6)21-12-22-30(7)23-24-31/h13,15,17,19,21,23,31H,8-12,14,16,18,20,22,24H2,1-7H3/b26-15+,27-17+,28-19+,29-21+,30-23+. The van der Waals surface area contributed by atoms with Crippen LogP contribution in [-0.4, -0.2) is 11.7 Å². The molecule has 0 saturated carbocycles. The van der Waals surface area contributed by atoms with Gasteiger partial charge in [-0.2, -0.15) is 0 Å². The van der Waals surface area contributed by atoms with Gasteiger partial charge >= 0.3 is 0 Å². The quantitative estimate of drug-likeness (QED) is 0.243. The summed E-state index contributed by atoms with van der Waals surface area (Å²) in [5, 5.41) is 8.90. The Morgan fingerprint density at radius 3 is 0.935 bits per heavy atom. The summed E-state index contributed by atoms with van der Waals surface area (Å²) in [5.41, 5.74) is 8.71. The van der Waals surface area contributed by atoms with Crippen LogP contribution in [0.3, 0.4) is 0 Å². The second-order valence-corrected chi connectivity index (χ2v) is 9.41. The lowest BCUT2D eigenvalue weighted by Gasteiger charge is -2.03. The predicted octanol–water partition coefficient (Wildman–Crippen LogP) is 9.58. The fourth-order valence-electron chi connectivity index (χ4n) is 3.44. The van der Waals surface area contributed by atoms with Gasteiger partial charge in [0.2, 0.25) is 0 Å². The summed E-state index contributed by atoms with van der Waals surface area (Å²) in [6.45, 7) is 15.6. The van der Waals surface area contributed by atoms with Crippen LogP contribution < -0.4 is 0 Å². The van der Waals surface area contributed by atoms with Crippen LogP contribution in [0.25, 0.3) is 0 Å². The van der Waals surface area contributed by atoms with Crippen LogP contribution in [0.15, 0.2) is 69.9 Å². The Bertz CT molecular complexity index is 661. The van der Waals surface area contributed by atoms with Gasteiger partial charge in [-0.3, -0.25) is 0 Å². The SMILES string of the molecule is CC(C)=CCC/C(C)=C/CC/C(C)=C/CC/C(C)=C/CC/C(C)=C/CC/C(C)=C/CO. The molecule has 176 valence electrons. The van der Waals surface area contributed by atoms with Crippen molar-refractivity contribution in [2.24, 2.45) is 0 Å². The second kappa shape index (κ2) is 19.1. The van der Waals surface area contributed by atoms with Crippen molar-refractivity contribution in [3.05, 3.63) is 69.9 Å². The summed E-state index contributed by atoms with van der Waals surface area (Å²) < 4.78 is 0. The smallest absolute Gasteiger partial charge is 0.0614 e. The summed E-state index contributed by atoms with van der Waals surface area (Å²) in [4.78, 5) is 0. The Morgan fingerprint density at radius 1 is 0.419 bits per heavy atom. The molecular weight excluding hydrogens is 376 g/mol. The molecular formula is C30H50O. The minimum Gasteiger partial charge on any atom is -0.392 e. The highest BCUT2D eigenvalue weighted by Crippen LogP contribution is 2.15. The van der Waals surface area contributed by atoms with Gasteiger partial charge in [-0.05, 0) is 113 Å². The van der Waals surface area contributed by atoms with E-state index < -0.39 is 0 Å². The molecule has 0 spiro atoms. The highest BCUT2D eigenvalue weighted by molar-refractivity contribution is 5.08. The molecule has 0 amide bonds. The Kier molecular flexibility index (Phi) is 18.1. The molecule has 0 aromatic heterocycles.